The van der Waals surface area contributed by atoms with E-state index in [-0.39, 0.29) is 18.2 Å². The third-order valence-electron chi connectivity index (χ3n) is 4.73. The van der Waals surface area contributed by atoms with Gasteiger partial charge in [-0.2, -0.15) is 0 Å². The first-order valence-corrected chi connectivity index (χ1v) is 9.13. The number of hydrogen-bond acceptors (Lipinski definition) is 4. The van der Waals surface area contributed by atoms with E-state index in [9.17, 15) is 14.4 Å². The van der Waals surface area contributed by atoms with Crippen molar-refractivity contribution in [2.45, 2.75) is 13.0 Å². The number of anilines is 1. The molecule has 146 valence electrons. The van der Waals surface area contributed by atoms with Gasteiger partial charge in [-0.25, -0.2) is 0 Å². The number of rotatable bonds is 5. The zero-order valence-electron chi connectivity index (χ0n) is 16.0. The van der Waals surface area contributed by atoms with Gasteiger partial charge in [-0.05, 0) is 23.8 Å². The molecule has 1 fully saturated rings. The van der Waals surface area contributed by atoms with Crippen molar-refractivity contribution in [2.24, 2.45) is 5.92 Å². The molecule has 1 unspecified atom stereocenters. The molecule has 0 radical (unpaired) electrons. The van der Waals surface area contributed by atoms with Gasteiger partial charge in [-0.3, -0.25) is 25.2 Å². The van der Waals surface area contributed by atoms with E-state index in [1.54, 1.807) is 23.1 Å². The molecule has 1 saturated heterocycles. The second kappa shape index (κ2) is 8.56. The topological polar surface area (TPSA) is 81.8 Å². The Morgan fingerprint density at radius 3 is 2.54 bits per heavy atom. The van der Waals surface area contributed by atoms with Crippen LogP contribution in [-0.4, -0.2) is 43.3 Å². The number of hydrazine groups is 1. The van der Waals surface area contributed by atoms with Gasteiger partial charge >= 0.3 is 0 Å². The maximum absolute atomic E-state index is 12.4. The van der Waals surface area contributed by atoms with Gasteiger partial charge in [-0.1, -0.05) is 36.4 Å². The molecule has 1 heterocycles. The molecule has 1 atom stereocenters. The normalized spacial score (nSPS) is 16.0. The zero-order valence-corrected chi connectivity index (χ0v) is 16.0. The molecule has 3 amide bonds. The highest BCUT2D eigenvalue weighted by atomic mass is 16.2. The number of likely N-dealkylation sites (tertiary alicyclic amines) is 1. The molecule has 2 N–H and O–H groups in total. The molecule has 2 aromatic rings. The molecule has 0 bridgehead atoms. The summed E-state index contributed by atoms with van der Waals surface area (Å²) < 4.78 is 0. The number of hydrogen-bond donors (Lipinski definition) is 2. The number of amides is 3. The molecule has 2 aromatic carbocycles. The van der Waals surface area contributed by atoms with Crippen molar-refractivity contribution in [1.82, 2.24) is 15.8 Å². The van der Waals surface area contributed by atoms with Gasteiger partial charge in [0.2, 0.25) is 11.8 Å². The van der Waals surface area contributed by atoms with Crippen molar-refractivity contribution in [2.75, 3.05) is 25.5 Å². The van der Waals surface area contributed by atoms with Crippen molar-refractivity contribution in [3.63, 3.8) is 0 Å². The lowest BCUT2D eigenvalue weighted by Gasteiger charge is -2.17. The van der Waals surface area contributed by atoms with E-state index in [2.05, 4.69) is 10.9 Å². The number of benzene rings is 2. The number of nitrogens with one attached hydrogen (secondary N) is 2. The fraction of sp³-hybridized carbons (Fsp3) is 0.286. The third kappa shape index (κ3) is 4.68. The molecule has 0 aromatic heterocycles. The summed E-state index contributed by atoms with van der Waals surface area (Å²) in [4.78, 5) is 40.4. The molecular formula is C21H24N4O3. The molecule has 3 rings (SSSR count). The molecule has 7 heteroatoms. The van der Waals surface area contributed by atoms with Gasteiger partial charge in [0.1, 0.15) is 0 Å². The largest absolute Gasteiger partial charge is 0.378 e. The van der Waals surface area contributed by atoms with Crippen LogP contribution in [-0.2, 0) is 16.1 Å². The fourth-order valence-electron chi connectivity index (χ4n) is 3.12. The van der Waals surface area contributed by atoms with Crippen LogP contribution in [0.15, 0.2) is 54.6 Å². The summed E-state index contributed by atoms with van der Waals surface area (Å²) in [6, 6.07) is 16.7. The quantitative estimate of drug-likeness (QED) is 0.772. The Kier molecular flexibility index (Phi) is 5.93. The predicted molar refractivity (Wildman–Crippen MR) is 106 cm³/mol. The fourth-order valence-corrected chi connectivity index (χ4v) is 3.12. The highest BCUT2D eigenvalue weighted by Crippen LogP contribution is 2.20. The third-order valence-corrected chi connectivity index (χ3v) is 4.73. The van der Waals surface area contributed by atoms with Crippen LogP contribution in [0.25, 0.3) is 0 Å². The summed E-state index contributed by atoms with van der Waals surface area (Å²) in [7, 11) is 3.77. The van der Waals surface area contributed by atoms with Crippen molar-refractivity contribution in [1.29, 1.82) is 0 Å². The summed E-state index contributed by atoms with van der Waals surface area (Å²) in [6.45, 7) is 0.818. The van der Waals surface area contributed by atoms with E-state index in [1.165, 1.54) is 0 Å². The van der Waals surface area contributed by atoms with Crippen LogP contribution in [0.5, 0.6) is 0 Å². The van der Waals surface area contributed by atoms with Gasteiger partial charge in [0.15, 0.2) is 0 Å². The monoisotopic (exact) mass is 380 g/mol. The molecule has 0 spiro atoms. The zero-order chi connectivity index (χ0) is 20.1. The maximum Gasteiger partial charge on any atom is 0.269 e. The van der Waals surface area contributed by atoms with Gasteiger partial charge in [0, 0.05) is 44.9 Å². The smallest absolute Gasteiger partial charge is 0.269 e. The summed E-state index contributed by atoms with van der Waals surface area (Å²) in [5.74, 6) is -1.30. The standard InChI is InChI=1S/C21H24N4O3/c1-24(2)18-10-6-9-16(11-18)20(27)22-23-21(28)17-12-19(26)25(14-17)13-15-7-4-3-5-8-15/h3-11,17H,12-14H2,1-2H3,(H,22,27)(H,23,28). The number of carbonyl (C=O) groups excluding carboxylic acids is 3. The van der Waals surface area contributed by atoms with Crippen molar-refractivity contribution in [3.05, 3.63) is 65.7 Å². The molecule has 1 aliphatic heterocycles. The lowest BCUT2D eigenvalue weighted by Crippen LogP contribution is -2.45. The Bertz CT molecular complexity index is 867. The first-order valence-electron chi connectivity index (χ1n) is 9.13. The lowest BCUT2D eigenvalue weighted by molar-refractivity contribution is -0.129. The highest BCUT2D eigenvalue weighted by Gasteiger charge is 2.34. The predicted octanol–water partition coefficient (Wildman–Crippen LogP) is 1.56. The Balaban J connectivity index is 1.53. The maximum atomic E-state index is 12.4. The molecule has 0 saturated carbocycles. The van der Waals surface area contributed by atoms with Gasteiger partial charge in [0.05, 0.1) is 5.92 Å². The van der Waals surface area contributed by atoms with Crippen LogP contribution < -0.4 is 15.8 Å². The van der Waals surface area contributed by atoms with Gasteiger partial charge < -0.3 is 9.80 Å². The second-order valence-electron chi connectivity index (χ2n) is 7.05. The van der Waals surface area contributed by atoms with E-state index < -0.39 is 11.8 Å². The minimum absolute atomic E-state index is 0.0611. The minimum atomic E-state index is -0.482. The van der Waals surface area contributed by atoms with Crippen molar-refractivity contribution < 1.29 is 14.4 Å². The molecule has 28 heavy (non-hydrogen) atoms. The van der Waals surface area contributed by atoms with E-state index in [4.69, 9.17) is 0 Å². The first-order chi connectivity index (χ1) is 13.4. The Labute approximate surface area is 164 Å². The van der Waals surface area contributed by atoms with E-state index in [0.29, 0.717) is 18.7 Å². The molecule has 7 nitrogen and oxygen atoms in total. The number of carbonyl (C=O) groups is 3. The summed E-state index contributed by atoms with van der Waals surface area (Å²) >= 11 is 0. The van der Waals surface area contributed by atoms with Crippen molar-refractivity contribution in [3.8, 4) is 0 Å². The lowest BCUT2D eigenvalue weighted by atomic mass is 10.1. The van der Waals surface area contributed by atoms with E-state index in [1.807, 2.05) is 55.4 Å². The molecular weight excluding hydrogens is 356 g/mol. The summed E-state index contributed by atoms with van der Waals surface area (Å²) in [5, 5.41) is 0. The Hall–Kier alpha value is -3.35. The first kappa shape index (κ1) is 19.4. The van der Waals surface area contributed by atoms with Crippen molar-refractivity contribution >= 4 is 23.4 Å². The van der Waals surface area contributed by atoms with Gasteiger partial charge in [-0.15, -0.1) is 0 Å². The second-order valence-corrected chi connectivity index (χ2v) is 7.05. The highest BCUT2D eigenvalue weighted by molar-refractivity contribution is 5.97. The minimum Gasteiger partial charge on any atom is -0.378 e. The SMILES string of the molecule is CN(C)c1cccc(C(=O)NNC(=O)C2CC(=O)N(Cc3ccccc3)C2)c1. The van der Waals surface area contributed by atoms with Crippen LogP contribution in [0.4, 0.5) is 5.69 Å². The Morgan fingerprint density at radius 1 is 1.07 bits per heavy atom. The van der Waals surface area contributed by atoms with E-state index >= 15 is 0 Å². The van der Waals surface area contributed by atoms with Crippen LogP contribution in [0.2, 0.25) is 0 Å². The van der Waals surface area contributed by atoms with Crippen LogP contribution in [0.3, 0.4) is 0 Å². The Morgan fingerprint density at radius 2 is 1.82 bits per heavy atom. The van der Waals surface area contributed by atoms with Crippen LogP contribution >= 0.6 is 0 Å². The van der Waals surface area contributed by atoms with Crippen LogP contribution in [0, 0.1) is 5.92 Å². The molecule has 0 aliphatic carbocycles. The summed E-state index contributed by atoms with van der Waals surface area (Å²) in [6.07, 6.45) is 0.144. The summed E-state index contributed by atoms with van der Waals surface area (Å²) in [5.41, 5.74) is 7.23. The van der Waals surface area contributed by atoms with E-state index in [0.717, 1.165) is 11.3 Å². The van der Waals surface area contributed by atoms with Crippen LogP contribution in [0.1, 0.15) is 22.3 Å². The van der Waals surface area contributed by atoms with Gasteiger partial charge in [0.25, 0.3) is 5.91 Å². The molecule has 1 aliphatic rings. The average molecular weight is 380 g/mol. The number of nitrogens with zero attached hydrogens (tertiary/aromatic N) is 2. The average Bonchev–Trinajstić information content (AvgIpc) is 3.07.